The van der Waals surface area contributed by atoms with Gasteiger partial charge in [-0.3, -0.25) is 4.79 Å². The first-order valence-corrected chi connectivity index (χ1v) is 7.29. The fourth-order valence-electron chi connectivity index (χ4n) is 1.74. The van der Waals surface area contributed by atoms with Crippen molar-refractivity contribution in [3.63, 3.8) is 0 Å². The highest BCUT2D eigenvalue weighted by Gasteiger charge is 2.26. The smallest absolute Gasteiger partial charge is 0.260 e. The molecule has 4 nitrogen and oxygen atoms in total. The second kappa shape index (κ2) is 6.39. The number of rotatable bonds is 6. The van der Waals surface area contributed by atoms with Gasteiger partial charge in [-0.15, -0.1) is 0 Å². The molecule has 1 aromatic rings. The Hall–Kier alpha value is -1.07. The Labute approximate surface area is 122 Å². The quantitative estimate of drug-likeness (QED) is 0.842. The summed E-state index contributed by atoms with van der Waals surface area (Å²) in [5.41, 5.74) is 1.16. The molecule has 0 spiro atoms. The molecule has 1 aliphatic carbocycles. The summed E-state index contributed by atoms with van der Waals surface area (Å²) in [6.45, 7) is 2.57. The second-order valence-electron chi connectivity index (χ2n) is 4.84. The topological polar surface area (TPSA) is 50.4 Å². The van der Waals surface area contributed by atoms with Crippen LogP contribution in [0.1, 0.15) is 25.3 Å². The highest BCUT2D eigenvalue weighted by molar-refractivity contribution is 9.10. The van der Waals surface area contributed by atoms with Crippen LogP contribution in [-0.4, -0.2) is 25.1 Å². The van der Waals surface area contributed by atoms with Crippen LogP contribution in [0.25, 0.3) is 0 Å². The van der Waals surface area contributed by atoms with Crippen molar-refractivity contribution in [3.8, 4) is 5.75 Å². The summed E-state index contributed by atoms with van der Waals surface area (Å²) in [6.07, 6.45) is 1.69. The first-order chi connectivity index (χ1) is 9.10. The molecule has 2 rings (SSSR count). The fourth-order valence-corrected chi connectivity index (χ4v) is 2.26. The number of hydrogen-bond acceptors (Lipinski definition) is 3. The van der Waals surface area contributed by atoms with Gasteiger partial charge in [-0.1, -0.05) is 6.07 Å². The SMILES string of the molecule is CNCc1ccc(OC(C)C(=O)NC2CC2)c(Br)c1. The van der Waals surface area contributed by atoms with Gasteiger partial charge in [0.05, 0.1) is 4.47 Å². The molecule has 1 aliphatic rings. The minimum atomic E-state index is -0.480. The fraction of sp³-hybridized carbons (Fsp3) is 0.500. The zero-order valence-electron chi connectivity index (χ0n) is 11.2. The van der Waals surface area contributed by atoms with Crippen LogP contribution in [0.5, 0.6) is 5.75 Å². The summed E-state index contributed by atoms with van der Waals surface area (Å²) in [5, 5.41) is 6.03. The molecule has 2 N–H and O–H groups in total. The van der Waals surface area contributed by atoms with Crippen molar-refractivity contribution >= 4 is 21.8 Å². The van der Waals surface area contributed by atoms with Crippen molar-refractivity contribution in [2.45, 2.75) is 38.5 Å². The molecule has 1 aromatic carbocycles. The van der Waals surface area contributed by atoms with Crippen LogP contribution in [0.3, 0.4) is 0 Å². The molecule has 0 aliphatic heterocycles. The third-order valence-electron chi connectivity index (χ3n) is 2.97. The Morgan fingerprint density at radius 1 is 1.53 bits per heavy atom. The lowest BCUT2D eigenvalue weighted by Crippen LogP contribution is -2.37. The van der Waals surface area contributed by atoms with E-state index in [0.29, 0.717) is 11.8 Å². The zero-order chi connectivity index (χ0) is 13.8. The summed E-state index contributed by atoms with van der Waals surface area (Å²) in [4.78, 5) is 11.8. The first-order valence-electron chi connectivity index (χ1n) is 6.50. The maximum atomic E-state index is 11.8. The number of carbonyl (C=O) groups is 1. The Kier molecular flexibility index (Phi) is 4.82. The van der Waals surface area contributed by atoms with Crippen LogP contribution in [-0.2, 0) is 11.3 Å². The van der Waals surface area contributed by atoms with Crippen LogP contribution < -0.4 is 15.4 Å². The first kappa shape index (κ1) is 14.3. The Morgan fingerprint density at radius 3 is 2.84 bits per heavy atom. The number of amides is 1. The number of ether oxygens (including phenoxy) is 1. The van der Waals surface area contributed by atoms with Gasteiger partial charge in [-0.05, 0) is 60.4 Å². The molecular formula is C14H19BrN2O2. The van der Waals surface area contributed by atoms with Crippen LogP contribution in [0.15, 0.2) is 22.7 Å². The lowest BCUT2D eigenvalue weighted by molar-refractivity contribution is -0.127. The van der Waals surface area contributed by atoms with Crippen LogP contribution in [0.2, 0.25) is 0 Å². The van der Waals surface area contributed by atoms with Gasteiger partial charge >= 0.3 is 0 Å². The minimum Gasteiger partial charge on any atom is -0.480 e. The molecule has 0 saturated heterocycles. The van der Waals surface area contributed by atoms with E-state index in [9.17, 15) is 4.79 Å². The Balaban J connectivity index is 1.95. The Bertz CT molecular complexity index is 461. The van der Waals surface area contributed by atoms with E-state index in [1.807, 2.05) is 25.2 Å². The van der Waals surface area contributed by atoms with Gasteiger partial charge in [0.15, 0.2) is 6.10 Å². The van der Waals surface area contributed by atoms with Crippen molar-refractivity contribution in [1.29, 1.82) is 0 Å². The molecule has 1 amide bonds. The lowest BCUT2D eigenvalue weighted by Gasteiger charge is -2.16. The monoisotopic (exact) mass is 326 g/mol. The number of nitrogens with one attached hydrogen (secondary N) is 2. The van der Waals surface area contributed by atoms with Crippen molar-refractivity contribution in [3.05, 3.63) is 28.2 Å². The largest absolute Gasteiger partial charge is 0.480 e. The number of benzene rings is 1. The Morgan fingerprint density at radius 2 is 2.26 bits per heavy atom. The number of halogens is 1. The summed E-state index contributed by atoms with van der Waals surface area (Å²) < 4.78 is 6.56. The molecule has 19 heavy (non-hydrogen) atoms. The maximum absolute atomic E-state index is 11.8. The summed E-state index contributed by atoms with van der Waals surface area (Å²) in [5.74, 6) is 0.645. The standard InChI is InChI=1S/C14H19BrN2O2/c1-9(14(18)17-11-4-5-11)19-13-6-3-10(8-16-2)7-12(13)15/h3,6-7,9,11,16H,4-5,8H2,1-2H3,(H,17,18). The third kappa shape index (κ3) is 4.21. The van der Waals surface area contributed by atoms with Gasteiger partial charge in [0.1, 0.15) is 5.75 Å². The second-order valence-corrected chi connectivity index (χ2v) is 5.69. The molecule has 0 radical (unpaired) electrons. The number of carbonyl (C=O) groups excluding carboxylic acids is 1. The normalized spacial score (nSPS) is 15.9. The van der Waals surface area contributed by atoms with Gasteiger partial charge in [-0.2, -0.15) is 0 Å². The molecular weight excluding hydrogens is 308 g/mol. The van der Waals surface area contributed by atoms with E-state index in [1.165, 1.54) is 0 Å². The van der Waals surface area contributed by atoms with Gasteiger partial charge in [0, 0.05) is 12.6 Å². The lowest BCUT2D eigenvalue weighted by atomic mass is 10.2. The van der Waals surface area contributed by atoms with Crippen molar-refractivity contribution in [1.82, 2.24) is 10.6 Å². The average molecular weight is 327 g/mol. The molecule has 0 aromatic heterocycles. The zero-order valence-corrected chi connectivity index (χ0v) is 12.8. The van der Waals surface area contributed by atoms with Gasteiger partial charge in [-0.25, -0.2) is 0 Å². The molecule has 0 heterocycles. The van der Waals surface area contributed by atoms with E-state index in [4.69, 9.17) is 4.74 Å². The predicted molar refractivity (Wildman–Crippen MR) is 78.2 cm³/mol. The van der Waals surface area contributed by atoms with Gasteiger partial charge < -0.3 is 15.4 Å². The third-order valence-corrected chi connectivity index (χ3v) is 3.59. The molecule has 1 unspecified atom stereocenters. The highest BCUT2D eigenvalue weighted by Crippen LogP contribution is 2.27. The average Bonchev–Trinajstić information content (AvgIpc) is 3.16. The van der Waals surface area contributed by atoms with E-state index in [1.54, 1.807) is 6.92 Å². The highest BCUT2D eigenvalue weighted by atomic mass is 79.9. The van der Waals surface area contributed by atoms with Crippen molar-refractivity contribution in [2.24, 2.45) is 0 Å². The van der Waals surface area contributed by atoms with Crippen LogP contribution >= 0.6 is 15.9 Å². The molecule has 5 heteroatoms. The molecule has 1 atom stereocenters. The molecule has 0 bridgehead atoms. The van der Waals surface area contributed by atoms with Gasteiger partial charge in [0.25, 0.3) is 5.91 Å². The van der Waals surface area contributed by atoms with E-state index < -0.39 is 6.10 Å². The summed E-state index contributed by atoms with van der Waals surface area (Å²) >= 11 is 3.47. The maximum Gasteiger partial charge on any atom is 0.260 e. The number of hydrogen-bond donors (Lipinski definition) is 2. The van der Waals surface area contributed by atoms with Crippen LogP contribution in [0.4, 0.5) is 0 Å². The van der Waals surface area contributed by atoms with Crippen molar-refractivity contribution in [2.75, 3.05) is 7.05 Å². The summed E-state index contributed by atoms with van der Waals surface area (Å²) in [7, 11) is 1.91. The summed E-state index contributed by atoms with van der Waals surface area (Å²) in [6, 6.07) is 6.23. The minimum absolute atomic E-state index is 0.0475. The molecule has 1 saturated carbocycles. The van der Waals surface area contributed by atoms with Crippen molar-refractivity contribution < 1.29 is 9.53 Å². The van der Waals surface area contributed by atoms with E-state index in [-0.39, 0.29) is 5.91 Å². The molecule has 1 fully saturated rings. The predicted octanol–water partition coefficient (Wildman–Crippen LogP) is 2.21. The van der Waals surface area contributed by atoms with E-state index in [0.717, 1.165) is 29.4 Å². The van der Waals surface area contributed by atoms with Crippen LogP contribution in [0, 0.1) is 0 Å². The molecule has 104 valence electrons. The van der Waals surface area contributed by atoms with E-state index in [2.05, 4.69) is 26.6 Å². The van der Waals surface area contributed by atoms with Gasteiger partial charge in [0.2, 0.25) is 0 Å². The van der Waals surface area contributed by atoms with E-state index >= 15 is 0 Å².